The van der Waals surface area contributed by atoms with Gasteiger partial charge in [-0.05, 0) is 49.4 Å². The van der Waals surface area contributed by atoms with E-state index >= 15 is 0 Å². The maximum Gasteiger partial charge on any atom is 0.0317 e. The standard InChI is InChI=1S/C10H16N2S/c1-8-7-9(12)3-4-10(8)13-6-2-5-11/h3-4,7H,2,5-6,11-12H2,1H3. The third kappa shape index (κ3) is 3.28. The summed E-state index contributed by atoms with van der Waals surface area (Å²) in [5, 5.41) is 0. The van der Waals surface area contributed by atoms with Crippen LogP contribution in [0.1, 0.15) is 12.0 Å². The molecule has 1 rings (SSSR count). The molecule has 0 heterocycles. The predicted octanol–water partition coefficient (Wildman–Crippen LogP) is 2.02. The number of nitrogens with two attached hydrogens (primary N) is 2. The first-order chi connectivity index (χ1) is 6.24. The van der Waals surface area contributed by atoms with Crippen LogP contribution in [0.4, 0.5) is 5.69 Å². The van der Waals surface area contributed by atoms with Gasteiger partial charge in [0.25, 0.3) is 0 Å². The average Bonchev–Trinajstić information content (AvgIpc) is 2.09. The first-order valence-corrected chi connectivity index (χ1v) is 5.41. The van der Waals surface area contributed by atoms with Crippen molar-refractivity contribution < 1.29 is 0 Å². The topological polar surface area (TPSA) is 52.0 Å². The summed E-state index contributed by atoms with van der Waals surface area (Å²) < 4.78 is 0. The van der Waals surface area contributed by atoms with Gasteiger partial charge >= 0.3 is 0 Å². The van der Waals surface area contributed by atoms with E-state index in [9.17, 15) is 0 Å². The van der Waals surface area contributed by atoms with Gasteiger partial charge in [0.2, 0.25) is 0 Å². The van der Waals surface area contributed by atoms with Crippen molar-refractivity contribution in [3.05, 3.63) is 23.8 Å². The normalized spacial score (nSPS) is 10.3. The van der Waals surface area contributed by atoms with Crippen LogP contribution in [0, 0.1) is 6.92 Å². The fraction of sp³-hybridized carbons (Fsp3) is 0.400. The molecular formula is C10H16N2S. The predicted molar refractivity (Wildman–Crippen MR) is 60.0 cm³/mol. The summed E-state index contributed by atoms with van der Waals surface area (Å²) in [5.41, 5.74) is 13.2. The van der Waals surface area contributed by atoms with E-state index in [0.717, 1.165) is 24.4 Å². The molecule has 0 bridgehead atoms. The van der Waals surface area contributed by atoms with Crippen LogP contribution in [0.2, 0.25) is 0 Å². The molecule has 0 radical (unpaired) electrons. The molecule has 0 unspecified atom stereocenters. The van der Waals surface area contributed by atoms with Crippen molar-refractivity contribution in [2.75, 3.05) is 18.0 Å². The number of rotatable bonds is 4. The van der Waals surface area contributed by atoms with Crippen molar-refractivity contribution in [2.24, 2.45) is 5.73 Å². The van der Waals surface area contributed by atoms with Crippen LogP contribution >= 0.6 is 11.8 Å². The van der Waals surface area contributed by atoms with E-state index in [1.54, 1.807) is 0 Å². The highest BCUT2D eigenvalue weighted by Crippen LogP contribution is 2.24. The molecule has 0 saturated carbocycles. The Morgan fingerprint density at radius 3 is 2.77 bits per heavy atom. The Morgan fingerprint density at radius 2 is 2.15 bits per heavy atom. The summed E-state index contributed by atoms with van der Waals surface area (Å²) in [5.74, 6) is 1.08. The second-order valence-corrected chi connectivity index (χ2v) is 4.15. The number of aryl methyl sites for hydroxylation is 1. The van der Waals surface area contributed by atoms with Gasteiger partial charge < -0.3 is 11.5 Å². The molecule has 0 saturated heterocycles. The maximum absolute atomic E-state index is 5.65. The summed E-state index contributed by atoms with van der Waals surface area (Å²) in [7, 11) is 0. The third-order valence-electron chi connectivity index (χ3n) is 1.81. The van der Waals surface area contributed by atoms with Crippen LogP contribution in [-0.4, -0.2) is 12.3 Å². The highest BCUT2D eigenvalue weighted by atomic mass is 32.2. The summed E-state index contributed by atoms with van der Waals surface area (Å²) in [6.45, 7) is 2.85. The van der Waals surface area contributed by atoms with Crippen LogP contribution in [0.3, 0.4) is 0 Å². The smallest absolute Gasteiger partial charge is 0.0317 e. The molecule has 0 aliphatic carbocycles. The lowest BCUT2D eigenvalue weighted by molar-refractivity contribution is 0.942. The number of hydrogen-bond donors (Lipinski definition) is 2. The number of benzene rings is 1. The Balaban J connectivity index is 2.56. The minimum absolute atomic E-state index is 0.765. The largest absolute Gasteiger partial charge is 0.399 e. The molecule has 4 N–H and O–H groups in total. The van der Waals surface area contributed by atoms with Gasteiger partial charge in [-0.1, -0.05) is 0 Å². The van der Waals surface area contributed by atoms with Crippen LogP contribution in [0.25, 0.3) is 0 Å². The first kappa shape index (κ1) is 10.4. The lowest BCUT2D eigenvalue weighted by Crippen LogP contribution is -1.99. The lowest BCUT2D eigenvalue weighted by atomic mass is 10.2. The zero-order valence-electron chi connectivity index (χ0n) is 7.92. The van der Waals surface area contributed by atoms with Gasteiger partial charge in [0, 0.05) is 10.6 Å². The molecule has 1 aromatic rings. The Labute approximate surface area is 83.7 Å². The summed E-state index contributed by atoms with van der Waals surface area (Å²) in [4.78, 5) is 1.31. The lowest BCUT2D eigenvalue weighted by Gasteiger charge is -2.05. The van der Waals surface area contributed by atoms with Gasteiger partial charge in [-0.2, -0.15) is 0 Å². The second kappa shape index (κ2) is 5.14. The molecule has 0 amide bonds. The Morgan fingerprint density at radius 1 is 1.38 bits per heavy atom. The molecular weight excluding hydrogens is 180 g/mol. The van der Waals surface area contributed by atoms with E-state index in [4.69, 9.17) is 11.5 Å². The van der Waals surface area contributed by atoms with Crippen LogP contribution in [0.5, 0.6) is 0 Å². The molecule has 0 atom stereocenters. The molecule has 0 spiro atoms. The van der Waals surface area contributed by atoms with E-state index in [1.165, 1.54) is 10.5 Å². The van der Waals surface area contributed by atoms with E-state index < -0.39 is 0 Å². The average molecular weight is 196 g/mol. The molecule has 0 aliphatic heterocycles. The molecule has 1 aromatic carbocycles. The number of anilines is 1. The van der Waals surface area contributed by atoms with Gasteiger partial charge in [-0.3, -0.25) is 0 Å². The Kier molecular flexibility index (Phi) is 4.12. The SMILES string of the molecule is Cc1cc(N)ccc1SCCCN. The molecule has 3 heteroatoms. The maximum atomic E-state index is 5.65. The van der Waals surface area contributed by atoms with E-state index in [1.807, 2.05) is 23.9 Å². The molecule has 72 valence electrons. The molecule has 13 heavy (non-hydrogen) atoms. The minimum atomic E-state index is 0.765. The molecule has 0 fully saturated rings. The first-order valence-electron chi connectivity index (χ1n) is 4.43. The zero-order valence-corrected chi connectivity index (χ0v) is 8.73. The molecule has 2 nitrogen and oxygen atoms in total. The number of hydrogen-bond acceptors (Lipinski definition) is 3. The van der Waals surface area contributed by atoms with Crippen molar-refractivity contribution in [1.82, 2.24) is 0 Å². The third-order valence-corrected chi connectivity index (χ3v) is 3.07. The van der Waals surface area contributed by atoms with Gasteiger partial charge in [0.05, 0.1) is 0 Å². The van der Waals surface area contributed by atoms with E-state index in [-0.39, 0.29) is 0 Å². The van der Waals surface area contributed by atoms with Gasteiger partial charge in [-0.25, -0.2) is 0 Å². The molecule has 0 aliphatic rings. The van der Waals surface area contributed by atoms with E-state index in [2.05, 4.69) is 13.0 Å². The van der Waals surface area contributed by atoms with Crippen LogP contribution < -0.4 is 11.5 Å². The Hall–Kier alpha value is -0.670. The van der Waals surface area contributed by atoms with Crippen molar-refractivity contribution in [1.29, 1.82) is 0 Å². The molecule has 0 aromatic heterocycles. The monoisotopic (exact) mass is 196 g/mol. The zero-order chi connectivity index (χ0) is 9.68. The van der Waals surface area contributed by atoms with Gasteiger partial charge in [-0.15, -0.1) is 11.8 Å². The summed E-state index contributed by atoms with van der Waals surface area (Å²) >= 11 is 1.84. The summed E-state index contributed by atoms with van der Waals surface area (Å²) in [6.07, 6.45) is 1.06. The number of thioether (sulfide) groups is 1. The number of nitrogen functional groups attached to an aromatic ring is 1. The van der Waals surface area contributed by atoms with Gasteiger partial charge in [0.1, 0.15) is 0 Å². The minimum Gasteiger partial charge on any atom is -0.399 e. The highest BCUT2D eigenvalue weighted by Gasteiger charge is 1.98. The van der Waals surface area contributed by atoms with Gasteiger partial charge in [0.15, 0.2) is 0 Å². The van der Waals surface area contributed by atoms with Crippen molar-refractivity contribution in [3.8, 4) is 0 Å². The van der Waals surface area contributed by atoms with Crippen molar-refractivity contribution in [2.45, 2.75) is 18.2 Å². The highest BCUT2D eigenvalue weighted by molar-refractivity contribution is 7.99. The Bertz CT molecular complexity index is 274. The quantitative estimate of drug-likeness (QED) is 0.440. The fourth-order valence-electron chi connectivity index (χ4n) is 1.10. The van der Waals surface area contributed by atoms with Crippen LogP contribution in [-0.2, 0) is 0 Å². The fourth-order valence-corrected chi connectivity index (χ4v) is 2.08. The van der Waals surface area contributed by atoms with E-state index in [0.29, 0.717) is 0 Å². The van der Waals surface area contributed by atoms with Crippen molar-refractivity contribution >= 4 is 17.4 Å². The summed E-state index contributed by atoms with van der Waals surface area (Å²) in [6, 6.07) is 6.02. The second-order valence-electron chi connectivity index (χ2n) is 3.02. The van der Waals surface area contributed by atoms with Crippen molar-refractivity contribution in [3.63, 3.8) is 0 Å². The van der Waals surface area contributed by atoms with Crippen LogP contribution in [0.15, 0.2) is 23.1 Å².